The lowest BCUT2D eigenvalue weighted by Crippen LogP contribution is -2.44. The summed E-state index contributed by atoms with van der Waals surface area (Å²) < 4.78 is 7.03. The minimum atomic E-state index is -0.625. The highest BCUT2D eigenvalue weighted by Gasteiger charge is 2.13. The summed E-state index contributed by atoms with van der Waals surface area (Å²) in [6.07, 6.45) is 0.675. The quantitative estimate of drug-likeness (QED) is 0.782. The second-order valence-electron chi connectivity index (χ2n) is 4.86. The van der Waals surface area contributed by atoms with Crippen LogP contribution in [0.3, 0.4) is 0 Å². The fourth-order valence-corrected chi connectivity index (χ4v) is 2.35. The van der Waals surface area contributed by atoms with Gasteiger partial charge in [-0.1, -0.05) is 12.1 Å². The van der Waals surface area contributed by atoms with Crippen molar-refractivity contribution in [3.8, 4) is 0 Å². The number of fused-ring (bicyclic) bond motifs is 1. The van der Waals surface area contributed by atoms with Crippen LogP contribution in [-0.2, 0) is 22.5 Å². The van der Waals surface area contributed by atoms with Crippen molar-refractivity contribution >= 4 is 41.8 Å². The highest BCUT2D eigenvalue weighted by molar-refractivity contribution is 5.85. The number of aryl methyl sites for hydroxylation is 1. The van der Waals surface area contributed by atoms with E-state index in [9.17, 15) is 4.79 Å². The minimum Gasteiger partial charge on any atom is -0.383 e. The molecule has 0 spiro atoms. The van der Waals surface area contributed by atoms with Gasteiger partial charge in [0.2, 0.25) is 5.91 Å². The second kappa shape index (κ2) is 10.4. The van der Waals surface area contributed by atoms with E-state index in [0.29, 0.717) is 13.0 Å². The second-order valence-corrected chi connectivity index (χ2v) is 4.86. The number of para-hydroxylation sites is 2. The Hall–Kier alpha value is -1.34. The summed E-state index contributed by atoms with van der Waals surface area (Å²) in [5, 5.41) is 2.81. The number of hydrogen-bond acceptors (Lipinski definition) is 4. The number of nitrogens with one attached hydrogen (secondary N) is 1. The summed E-state index contributed by atoms with van der Waals surface area (Å²) in [6.45, 7) is 3.68. The molecule has 1 heterocycles. The van der Waals surface area contributed by atoms with Gasteiger partial charge in [-0.05, 0) is 19.1 Å². The van der Waals surface area contributed by atoms with Crippen LogP contribution in [0.15, 0.2) is 24.3 Å². The molecule has 1 amide bonds. The average molecular weight is 363 g/mol. The third-order valence-corrected chi connectivity index (χ3v) is 3.38. The molecule has 1 aromatic carbocycles. The molecule has 0 saturated carbocycles. The molecule has 130 valence electrons. The van der Waals surface area contributed by atoms with Gasteiger partial charge in [0.1, 0.15) is 11.9 Å². The van der Waals surface area contributed by atoms with Crippen LogP contribution < -0.4 is 11.1 Å². The van der Waals surface area contributed by atoms with Gasteiger partial charge in [0, 0.05) is 26.6 Å². The zero-order valence-electron chi connectivity index (χ0n) is 13.3. The normalized spacial score (nSPS) is 11.4. The minimum absolute atomic E-state index is 0. The number of carbonyl (C=O) groups is 1. The molecule has 8 heteroatoms. The molecule has 3 N–H and O–H groups in total. The molecular weight excluding hydrogens is 339 g/mol. The van der Waals surface area contributed by atoms with E-state index in [1.807, 2.05) is 18.2 Å². The molecule has 0 fully saturated rings. The fourth-order valence-electron chi connectivity index (χ4n) is 2.35. The van der Waals surface area contributed by atoms with Crippen LogP contribution in [-0.4, -0.2) is 41.8 Å². The maximum Gasteiger partial charge on any atom is 0.239 e. The predicted molar refractivity (Wildman–Crippen MR) is 96.5 cm³/mol. The number of nitrogens with two attached hydrogens (primary N) is 1. The standard InChI is InChI=1S/C15H22N4O2.2ClH/c1-3-19-13-7-5-4-6-12(13)18-14(19)8-9-17-15(20)11(16)10-21-2;;/h4-7,11H,3,8-10,16H2,1-2H3,(H,17,20);2*1H. The van der Waals surface area contributed by atoms with Crippen LogP contribution in [0.1, 0.15) is 12.7 Å². The first kappa shape index (κ1) is 21.7. The van der Waals surface area contributed by atoms with Gasteiger partial charge >= 0.3 is 0 Å². The monoisotopic (exact) mass is 362 g/mol. The van der Waals surface area contributed by atoms with Crippen LogP contribution in [0.4, 0.5) is 0 Å². The molecule has 0 radical (unpaired) electrons. The van der Waals surface area contributed by atoms with Gasteiger partial charge in [0.25, 0.3) is 0 Å². The number of rotatable bonds is 7. The summed E-state index contributed by atoms with van der Waals surface area (Å²) in [7, 11) is 1.52. The Balaban J connectivity index is 0.00000242. The molecule has 6 nitrogen and oxygen atoms in total. The van der Waals surface area contributed by atoms with Crippen LogP contribution in [0, 0.1) is 0 Å². The summed E-state index contributed by atoms with van der Waals surface area (Å²) >= 11 is 0. The Morgan fingerprint density at radius 2 is 2.09 bits per heavy atom. The van der Waals surface area contributed by atoms with Gasteiger partial charge in [-0.2, -0.15) is 0 Å². The maximum atomic E-state index is 11.7. The van der Waals surface area contributed by atoms with Crippen LogP contribution >= 0.6 is 24.8 Å². The summed E-state index contributed by atoms with van der Waals surface area (Å²) in [6, 6.07) is 7.41. The lowest BCUT2D eigenvalue weighted by molar-refractivity contribution is -0.123. The van der Waals surface area contributed by atoms with Gasteiger partial charge in [0.15, 0.2) is 0 Å². The van der Waals surface area contributed by atoms with Crippen molar-refractivity contribution in [2.24, 2.45) is 5.73 Å². The smallest absolute Gasteiger partial charge is 0.239 e. The van der Waals surface area contributed by atoms with E-state index in [2.05, 4.69) is 27.9 Å². The van der Waals surface area contributed by atoms with E-state index in [1.165, 1.54) is 7.11 Å². The van der Waals surface area contributed by atoms with Crippen LogP contribution in [0.2, 0.25) is 0 Å². The van der Waals surface area contributed by atoms with Crippen molar-refractivity contribution in [1.29, 1.82) is 0 Å². The SMILES string of the molecule is CCn1c(CCNC(=O)C(N)COC)nc2ccccc21.Cl.Cl. The Kier molecular flexibility index (Phi) is 9.83. The predicted octanol–water partition coefficient (Wildman–Crippen LogP) is 1.53. The molecule has 1 unspecified atom stereocenters. The van der Waals surface area contributed by atoms with E-state index in [4.69, 9.17) is 10.5 Å². The fraction of sp³-hybridized carbons (Fsp3) is 0.467. The molecule has 2 aromatic rings. The Bertz CT molecular complexity index is 619. The van der Waals surface area contributed by atoms with E-state index in [-0.39, 0.29) is 37.3 Å². The van der Waals surface area contributed by atoms with E-state index < -0.39 is 6.04 Å². The number of amides is 1. The van der Waals surface area contributed by atoms with E-state index in [1.54, 1.807) is 0 Å². The van der Waals surface area contributed by atoms with Crippen molar-refractivity contribution in [3.05, 3.63) is 30.1 Å². The lowest BCUT2D eigenvalue weighted by atomic mass is 10.3. The average Bonchev–Trinajstić information content (AvgIpc) is 2.84. The molecule has 2 rings (SSSR count). The summed E-state index contributed by atoms with van der Waals surface area (Å²) in [4.78, 5) is 16.3. The molecule has 0 aliphatic carbocycles. The Labute approximate surface area is 148 Å². The first-order valence-electron chi connectivity index (χ1n) is 7.13. The van der Waals surface area contributed by atoms with Crippen molar-refractivity contribution < 1.29 is 9.53 Å². The van der Waals surface area contributed by atoms with Crippen molar-refractivity contribution in [2.75, 3.05) is 20.3 Å². The molecule has 1 atom stereocenters. The molecule has 0 saturated heterocycles. The number of ether oxygens (including phenoxy) is 1. The number of benzene rings is 1. The van der Waals surface area contributed by atoms with Crippen molar-refractivity contribution in [2.45, 2.75) is 25.9 Å². The zero-order chi connectivity index (χ0) is 15.2. The highest BCUT2D eigenvalue weighted by Crippen LogP contribution is 2.15. The Morgan fingerprint density at radius 3 is 2.74 bits per heavy atom. The molecule has 23 heavy (non-hydrogen) atoms. The number of carbonyl (C=O) groups excluding carboxylic acids is 1. The third-order valence-electron chi connectivity index (χ3n) is 3.38. The molecule has 0 bridgehead atoms. The molecule has 1 aromatic heterocycles. The third kappa shape index (κ3) is 5.35. The van der Waals surface area contributed by atoms with Gasteiger partial charge in [0.05, 0.1) is 17.6 Å². The van der Waals surface area contributed by atoms with Gasteiger partial charge < -0.3 is 20.4 Å². The van der Waals surface area contributed by atoms with Crippen LogP contribution in [0.25, 0.3) is 11.0 Å². The zero-order valence-corrected chi connectivity index (χ0v) is 15.0. The van der Waals surface area contributed by atoms with Gasteiger partial charge in [-0.3, -0.25) is 4.79 Å². The number of nitrogens with zero attached hydrogens (tertiary/aromatic N) is 2. The highest BCUT2D eigenvalue weighted by atomic mass is 35.5. The van der Waals surface area contributed by atoms with Crippen LogP contribution in [0.5, 0.6) is 0 Å². The molecule has 0 aliphatic rings. The largest absolute Gasteiger partial charge is 0.383 e. The van der Waals surface area contributed by atoms with Crippen molar-refractivity contribution in [1.82, 2.24) is 14.9 Å². The van der Waals surface area contributed by atoms with Crippen molar-refractivity contribution in [3.63, 3.8) is 0 Å². The Morgan fingerprint density at radius 1 is 1.39 bits per heavy atom. The number of methoxy groups -OCH3 is 1. The molecular formula is C15H24Cl2N4O2. The first-order chi connectivity index (χ1) is 10.2. The van der Waals surface area contributed by atoms with Gasteiger partial charge in [-0.25, -0.2) is 4.98 Å². The maximum absolute atomic E-state index is 11.7. The number of imidazole rings is 1. The lowest BCUT2D eigenvalue weighted by Gasteiger charge is -2.11. The topological polar surface area (TPSA) is 82.2 Å². The van der Waals surface area contributed by atoms with E-state index >= 15 is 0 Å². The molecule has 0 aliphatic heterocycles. The van der Waals surface area contributed by atoms with Gasteiger partial charge in [-0.15, -0.1) is 24.8 Å². The number of halogens is 2. The number of hydrogen-bond donors (Lipinski definition) is 2. The first-order valence-corrected chi connectivity index (χ1v) is 7.13. The number of aromatic nitrogens is 2. The van der Waals surface area contributed by atoms with E-state index in [0.717, 1.165) is 23.4 Å². The summed E-state index contributed by atoms with van der Waals surface area (Å²) in [5.41, 5.74) is 7.77. The summed E-state index contributed by atoms with van der Waals surface area (Å²) in [5.74, 6) is 0.773.